The van der Waals surface area contributed by atoms with Crippen LogP contribution in [0, 0.1) is 0 Å². The molecule has 2 bridgehead atoms. The third-order valence-corrected chi connectivity index (χ3v) is 7.36. The van der Waals surface area contributed by atoms with Gasteiger partial charge in [-0.05, 0) is 24.1 Å². The quantitative estimate of drug-likeness (QED) is 0.898. The molecule has 5 nitrogen and oxygen atoms in total. The molecular weight excluding hydrogens is 348 g/mol. The van der Waals surface area contributed by atoms with Crippen molar-refractivity contribution >= 4 is 15.7 Å². The highest BCUT2D eigenvalue weighted by molar-refractivity contribution is 7.92. The first kappa shape index (κ1) is 17.0. The minimum atomic E-state index is -3.57. The van der Waals surface area contributed by atoms with Crippen LogP contribution in [0.25, 0.3) is 0 Å². The van der Waals surface area contributed by atoms with Crippen molar-refractivity contribution in [2.45, 2.75) is 35.2 Å². The molecular formula is C20H20N2O3S. The molecule has 1 amide bonds. The van der Waals surface area contributed by atoms with Gasteiger partial charge >= 0.3 is 0 Å². The lowest BCUT2D eigenvalue weighted by Crippen LogP contribution is -2.54. The van der Waals surface area contributed by atoms with E-state index in [1.165, 1.54) is 0 Å². The highest BCUT2D eigenvalue weighted by Crippen LogP contribution is 2.39. The summed E-state index contributed by atoms with van der Waals surface area (Å²) in [5, 5.41) is 2.08. The summed E-state index contributed by atoms with van der Waals surface area (Å²) < 4.78 is 26.4. The van der Waals surface area contributed by atoms with Gasteiger partial charge in [0.15, 0.2) is 9.84 Å². The standard InChI is InChI=1S/C20H20N2O3S/c1-14-19-18(26(24,25)16-10-6-3-7-11-16)12-17(20(23)21-14)22(19)13-15-8-4-2-5-9-15/h2-11,17-19H,1,12-13H2,(H,21,23)/t17-,18+,19-/m1/s1. The van der Waals surface area contributed by atoms with E-state index in [1.54, 1.807) is 30.3 Å². The molecule has 2 saturated heterocycles. The van der Waals surface area contributed by atoms with Gasteiger partial charge in [-0.2, -0.15) is 0 Å². The zero-order valence-corrected chi connectivity index (χ0v) is 15.0. The van der Waals surface area contributed by atoms with Crippen LogP contribution in [0.2, 0.25) is 0 Å². The van der Waals surface area contributed by atoms with Gasteiger partial charge in [0, 0.05) is 12.2 Å². The molecule has 3 atom stereocenters. The van der Waals surface area contributed by atoms with Crippen molar-refractivity contribution < 1.29 is 13.2 Å². The summed E-state index contributed by atoms with van der Waals surface area (Å²) in [5.41, 5.74) is 1.51. The van der Waals surface area contributed by atoms with Crippen molar-refractivity contribution in [1.29, 1.82) is 0 Å². The number of hydrogen-bond donors (Lipinski definition) is 1. The molecule has 2 aliphatic heterocycles. The van der Waals surface area contributed by atoms with Gasteiger partial charge in [0.25, 0.3) is 0 Å². The molecule has 26 heavy (non-hydrogen) atoms. The Morgan fingerprint density at radius 3 is 2.31 bits per heavy atom. The molecule has 0 saturated carbocycles. The number of fused-ring (bicyclic) bond motifs is 2. The van der Waals surface area contributed by atoms with E-state index >= 15 is 0 Å². The average Bonchev–Trinajstić information content (AvgIpc) is 2.96. The van der Waals surface area contributed by atoms with E-state index in [-0.39, 0.29) is 17.2 Å². The molecule has 0 unspecified atom stereocenters. The molecule has 134 valence electrons. The lowest BCUT2D eigenvalue weighted by molar-refractivity contribution is -0.127. The van der Waals surface area contributed by atoms with Gasteiger partial charge in [-0.15, -0.1) is 0 Å². The van der Waals surface area contributed by atoms with E-state index in [4.69, 9.17) is 0 Å². The molecule has 2 aromatic rings. The first-order valence-electron chi connectivity index (χ1n) is 8.57. The molecule has 0 aliphatic carbocycles. The van der Waals surface area contributed by atoms with Gasteiger partial charge in [-0.3, -0.25) is 9.69 Å². The molecule has 4 rings (SSSR count). The van der Waals surface area contributed by atoms with Crippen molar-refractivity contribution in [2.24, 2.45) is 0 Å². The summed E-state index contributed by atoms with van der Waals surface area (Å²) in [5.74, 6) is -0.173. The van der Waals surface area contributed by atoms with Crippen LogP contribution < -0.4 is 5.32 Å². The Hall–Kier alpha value is -2.44. The molecule has 2 aliphatic rings. The summed E-state index contributed by atoms with van der Waals surface area (Å²) in [7, 11) is -3.57. The summed E-state index contributed by atoms with van der Waals surface area (Å²) in [6, 6.07) is 17.3. The number of benzene rings is 2. The fraction of sp³-hybridized carbons (Fsp3) is 0.250. The smallest absolute Gasteiger partial charge is 0.241 e. The minimum absolute atomic E-state index is 0.173. The van der Waals surface area contributed by atoms with Gasteiger partial charge in [0.2, 0.25) is 5.91 Å². The Balaban J connectivity index is 1.72. The maximum Gasteiger partial charge on any atom is 0.241 e. The maximum absolute atomic E-state index is 13.2. The number of rotatable bonds is 4. The van der Waals surface area contributed by atoms with E-state index in [9.17, 15) is 13.2 Å². The number of carbonyl (C=O) groups excluding carboxylic acids is 1. The maximum atomic E-state index is 13.2. The number of carbonyl (C=O) groups is 1. The van der Waals surface area contributed by atoms with Crippen molar-refractivity contribution in [3.05, 3.63) is 78.5 Å². The van der Waals surface area contributed by atoms with Gasteiger partial charge in [0.05, 0.1) is 22.2 Å². The second kappa shape index (κ2) is 6.37. The van der Waals surface area contributed by atoms with Crippen molar-refractivity contribution in [3.8, 4) is 0 Å². The Morgan fingerprint density at radius 2 is 1.65 bits per heavy atom. The van der Waals surface area contributed by atoms with Crippen LogP contribution in [0.4, 0.5) is 0 Å². The van der Waals surface area contributed by atoms with Crippen LogP contribution >= 0.6 is 0 Å². The highest BCUT2D eigenvalue weighted by atomic mass is 32.2. The van der Waals surface area contributed by atoms with Crippen LogP contribution in [-0.4, -0.2) is 36.6 Å². The minimum Gasteiger partial charge on any atom is -0.327 e. The molecule has 2 aromatic carbocycles. The molecule has 0 radical (unpaired) electrons. The Kier molecular flexibility index (Phi) is 4.17. The zero-order chi connectivity index (χ0) is 18.3. The van der Waals surface area contributed by atoms with Gasteiger partial charge in [-0.1, -0.05) is 55.1 Å². The normalized spacial score (nSPS) is 25.9. The summed E-state index contributed by atoms with van der Waals surface area (Å²) >= 11 is 0. The molecule has 0 aromatic heterocycles. The summed E-state index contributed by atoms with van der Waals surface area (Å²) in [6.45, 7) is 4.47. The number of nitrogens with zero attached hydrogens (tertiary/aromatic N) is 1. The predicted molar refractivity (Wildman–Crippen MR) is 98.9 cm³/mol. The Labute approximate surface area is 153 Å². The Morgan fingerprint density at radius 1 is 1.04 bits per heavy atom. The molecule has 1 N–H and O–H groups in total. The monoisotopic (exact) mass is 368 g/mol. The first-order chi connectivity index (χ1) is 12.5. The van der Waals surface area contributed by atoms with Gasteiger partial charge < -0.3 is 5.32 Å². The number of hydrogen-bond acceptors (Lipinski definition) is 4. The highest BCUT2D eigenvalue weighted by Gasteiger charge is 2.54. The predicted octanol–water partition coefficient (Wildman–Crippen LogP) is 2.12. The van der Waals surface area contributed by atoms with E-state index in [2.05, 4.69) is 11.9 Å². The van der Waals surface area contributed by atoms with E-state index in [0.29, 0.717) is 12.2 Å². The fourth-order valence-electron chi connectivity index (χ4n) is 3.97. The third-order valence-electron chi connectivity index (χ3n) is 5.19. The van der Waals surface area contributed by atoms with Crippen LogP contribution in [0.3, 0.4) is 0 Å². The second-order valence-electron chi connectivity index (χ2n) is 6.77. The SMILES string of the molecule is C=C1NC(=O)[C@H]2C[C@H](S(=O)(=O)c3ccccc3)[C@@H]1N2Cc1ccccc1. The third kappa shape index (κ3) is 2.75. The molecule has 6 heteroatoms. The second-order valence-corrected chi connectivity index (χ2v) is 8.93. The van der Waals surface area contributed by atoms with Gasteiger partial charge in [-0.25, -0.2) is 8.42 Å². The van der Waals surface area contributed by atoms with Crippen molar-refractivity contribution in [1.82, 2.24) is 10.2 Å². The van der Waals surface area contributed by atoms with Crippen LogP contribution in [0.1, 0.15) is 12.0 Å². The van der Waals surface area contributed by atoms with Crippen molar-refractivity contribution in [2.75, 3.05) is 0 Å². The van der Waals surface area contributed by atoms with Crippen LogP contribution in [0.5, 0.6) is 0 Å². The van der Waals surface area contributed by atoms with E-state index < -0.39 is 27.2 Å². The fourth-order valence-corrected chi connectivity index (χ4v) is 5.96. The molecule has 0 spiro atoms. The van der Waals surface area contributed by atoms with E-state index in [1.807, 2.05) is 35.2 Å². The number of sulfone groups is 1. The largest absolute Gasteiger partial charge is 0.327 e. The number of nitrogens with one attached hydrogen (secondary N) is 1. The first-order valence-corrected chi connectivity index (χ1v) is 10.1. The van der Waals surface area contributed by atoms with Crippen LogP contribution in [0.15, 0.2) is 77.8 Å². The lowest BCUT2D eigenvalue weighted by atomic mass is 10.1. The lowest BCUT2D eigenvalue weighted by Gasteiger charge is -2.36. The number of piperazine rings is 1. The zero-order valence-electron chi connectivity index (χ0n) is 14.2. The summed E-state index contributed by atoms with van der Waals surface area (Å²) in [6.07, 6.45) is 0.277. The Bertz CT molecular complexity index is 942. The van der Waals surface area contributed by atoms with Gasteiger partial charge in [0.1, 0.15) is 0 Å². The number of amides is 1. The molecule has 2 fully saturated rings. The topological polar surface area (TPSA) is 66.5 Å². The molecule has 2 heterocycles. The van der Waals surface area contributed by atoms with Crippen LogP contribution in [-0.2, 0) is 21.2 Å². The average molecular weight is 368 g/mol. The van der Waals surface area contributed by atoms with E-state index in [0.717, 1.165) is 5.56 Å². The summed E-state index contributed by atoms with van der Waals surface area (Å²) in [4.78, 5) is 14.7. The van der Waals surface area contributed by atoms with Crippen molar-refractivity contribution in [3.63, 3.8) is 0 Å².